The number of nitrogens with one attached hydrogen (secondary N) is 1. The van der Waals surface area contributed by atoms with Gasteiger partial charge in [-0.3, -0.25) is 4.79 Å². The van der Waals surface area contributed by atoms with Gasteiger partial charge in [0.2, 0.25) is 5.91 Å². The van der Waals surface area contributed by atoms with Crippen molar-refractivity contribution in [3.63, 3.8) is 0 Å². The molecule has 1 aromatic heterocycles. The van der Waals surface area contributed by atoms with Crippen molar-refractivity contribution in [1.82, 2.24) is 5.32 Å². The Morgan fingerprint density at radius 1 is 1.57 bits per heavy atom. The summed E-state index contributed by atoms with van der Waals surface area (Å²) in [5.41, 5.74) is 5.44. The Bertz CT molecular complexity index is 528. The molecule has 4 atom stereocenters. The van der Waals surface area contributed by atoms with Gasteiger partial charge in [-0.25, -0.2) is 0 Å². The van der Waals surface area contributed by atoms with E-state index in [1.165, 1.54) is 0 Å². The van der Waals surface area contributed by atoms with E-state index < -0.39 is 5.54 Å². The Morgan fingerprint density at radius 2 is 2.33 bits per heavy atom. The van der Waals surface area contributed by atoms with Gasteiger partial charge < -0.3 is 15.8 Å². The first-order valence-electron chi connectivity index (χ1n) is 7.64. The molecule has 3 N–H and O–H groups in total. The number of hydrogen-bond acceptors (Lipinski definition) is 4. The van der Waals surface area contributed by atoms with Crippen LogP contribution in [0.15, 0.2) is 17.5 Å². The van der Waals surface area contributed by atoms with Crippen LogP contribution in [0.4, 0.5) is 0 Å². The highest BCUT2D eigenvalue weighted by Crippen LogP contribution is 2.57. The summed E-state index contributed by atoms with van der Waals surface area (Å²) in [4.78, 5) is 14.0. The lowest BCUT2D eigenvalue weighted by atomic mass is 9.46. The summed E-state index contributed by atoms with van der Waals surface area (Å²) in [5.74, 6) is 0.0944. The molecule has 1 amide bonds. The maximum Gasteiger partial charge on any atom is 0.241 e. The largest absolute Gasteiger partial charge is 0.377 e. The van der Waals surface area contributed by atoms with Gasteiger partial charge in [0.1, 0.15) is 5.54 Å². The van der Waals surface area contributed by atoms with Crippen LogP contribution in [0, 0.1) is 11.3 Å². The molecule has 21 heavy (non-hydrogen) atoms. The molecule has 4 nitrogen and oxygen atoms in total. The van der Waals surface area contributed by atoms with Gasteiger partial charge in [0.05, 0.1) is 12.1 Å². The van der Waals surface area contributed by atoms with Gasteiger partial charge in [-0.05, 0) is 31.2 Å². The van der Waals surface area contributed by atoms with Crippen molar-refractivity contribution in [2.75, 3.05) is 6.61 Å². The third kappa shape index (κ3) is 2.05. The van der Waals surface area contributed by atoms with E-state index in [4.69, 9.17) is 10.5 Å². The van der Waals surface area contributed by atoms with E-state index in [0.717, 1.165) is 24.3 Å². The van der Waals surface area contributed by atoms with E-state index in [9.17, 15) is 4.79 Å². The molecule has 3 unspecified atom stereocenters. The first-order valence-corrected chi connectivity index (χ1v) is 8.52. The van der Waals surface area contributed by atoms with Crippen molar-refractivity contribution >= 4 is 17.2 Å². The molecule has 0 bridgehead atoms. The molecule has 2 heterocycles. The van der Waals surface area contributed by atoms with Gasteiger partial charge in [-0.2, -0.15) is 0 Å². The van der Waals surface area contributed by atoms with Gasteiger partial charge in [0, 0.05) is 22.8 Å². The van der Waals surface area contributed by atoms with Crippen molar-refractivity contribution in [1.29, 1.82) is 0 Å². The molecular weight excluding hydrogens is 284 g/mol. The van der Waals surface area contributed by atoms with Crippen LogP contribution in [-0.4, -0.2) is 24.2 Å². The molecule has 0 radical (unpaired) electrons. The summed E-state index contributed by atoms with van der Waals surface area (Å²) in [6.45, 7) is 6.89. The molecular formula is C16H24N2O2S. The average molecular weight is 308 g/mol. The third-order valence-corrected chi connectivity index (χ3v) is 6.43. The minimum atomic E-state index is -0.830. The number of nitrogens with two attached hydrogens (primary N) is 1. The Hall–Kier alpha value is -0.910. The SMILES string of the molecule is C[C@H](NC(=O)C1(N)C2CCCOC2C1(C)C)c1cccs1. The second-order valence-electron chi connectivity index (χ2n) is 6.84. The van der Waals surface area contributed by atoms with Gasteiger partial charge >= 0.3 is 0 Å². The van der Waals surface area contributed by atoms with E-state index >= 15 is 0 Å². The molecule has 0 aromatic carbocycles. The molecule has 116 valence electrons. The Kier molecular flexibility index (Phi) is 3.62. The highest BCUT2D eigenvalue weighted by atomic mass is 32.1. The fourth-order valence-corrected chi connectivity index (χ4v) is 4.70. The first-order chi connectivity index (χ1) is 9.89. The Labute approximate surface area is 130 Å². The zero-order valence-electron chi connectivity index (χ0n) is 12.9. The zero-order chi connectivity index (χ0) is 15.3. The maximum absolute atomic E-state index is 12.8. The lowest BCUT2D eigenvalue weighted by molar-refractivity contribution is -0.225. The van der Waals surface area contributed by atoms with Gasteiger partial charge in [-0.1, -0.05) is 19.9 Å². The molecule has 1 saturated carbocycles. The molecule has 3 rings (SSSR count). The summed E-state index contributed by atoms with van der Waals surface area (Å²) in [5, 5.41) is 5.13. The van der Waals surface area contributed by atoms with Crippen molar-refractivity contribution in [2.24, 2.45) is 17.1 Å². The minimum Gasteiger partial charge on any atom is -0.377 e. The van der Waals surface area contributed by atoms with Crippen LogP contribution in [0.25, 0.3) is 0 Å². The van der Waals surface area contributed by atoms with Gasteiger partial charge in [-0.15, -0.1) is 11.3 Å². The lowest BCUT2D eigenvalue weighted by Gasteiger charge is -2.65. The summed E-state index contributed by atoms with van der Waals surface area (Å²) in [7, 11) is 0. The number of fused-ring (bicyclic) bond motifs is 1. The third-order valence-electron chi connectivity index (χ3n) is 5.38. The molecule has 1 aliphatic carbocycles. The normalized spacial score (nSPS) is 35.4. The van der Waals surface area contributed by atoms with Crippen molar-refractivity contribution in [2.45, 2.75) is 51.3 Å². The fraction of sp³-hybridized carbons (Fsp3) is 0.688. The van der Waals surface area contributed by atoms with Gasteiger partial charge in [0.15, 0.2) is 0 Å². The molecule has 2 fully saturated rings. The predicted octanol–water partition coefficient (Wildman–Crippen LogP) is 2.46. The van der Waals surface area contributed by atoms with Crippen LogP contribution in [0.2, 0.25) is 0 Å². The highest BCUT2D eigenvalue weighted by Gasteiger charge is 2.70. The summed E-state index contributed by atoms with van der Waals surface area (Å²) in [6, 6.07) is 4.04. The quantitative estimate of drug-likeness (QED) is 0.901. The van der Waals surface area contributed by atoms with Crippen LogP contribution in [0.1, 0.15) is 44.5 Å². The number of rotatable bonds is 3. The second-order valence-corrected chi connectivity index (χ2v) is 7.82. The highest BCUT2D eigenvalue weighted by molar-refractivity contribution is 7.10. The molecule has 1 aliphatic heterocycles. The second kappa shape index (κ2) is 5.07. The number of amides is 1. The van der Waals surface area contributed by atoms with Crippen molar-refractivity contribution in [3.8, 4) is 0 Å². The van der Waals surface area contributed by atoms with E-state index in [-0.39, 0.29) is 29.4 Å². The predicted molar refractivity (Wildman–Crippen MR) is 84.0 cm³/mol. The fourth-order valence-electron chi connectivity index (χ4n) is 3.96. The van der Waals surface area contributed by atoms with E-state index in [0.29, 0.717) is 0 Å². The topological polar surface area (TPSA) is 64.4 Å². The standard InChI is InChI=1S/C16H24N2O2S/c1-10(12-7-5-9-21-12)18-14(19)16(17)11-6-4-8-20-13(11)15(16,2)3/h5,7,9-11,13H,4,6,8,17H2,1-3H3,(H,18,19)/t10-,11?,13?,16?/m0/s1. The molecule has 2 aliphatic rings. The van der Waals surface area contributed by atoms with Crippen molar-refractivity contribution < 1.29 is 9.53 Å². The zero-order valence-corrected chi connectivity index (χ0v) is 13.7. The Morgan fingerprint density at radius 3 is 3.00 bits per heavy atom. The van der Waals surface area contributed by atoms with E-state index in [2.05, 4.69) is 19.2 Å². The molecule has 1 aromatic rings. The average Bonchev–Trinajstić information content (AvgIpc) is 3.00. The maximum atomic E-state index is 12.8. The van der Waals surface area contributed by atoms with Crippen molar-refractivity contribution in [3.05, 3.63) is 22.4 Å². The monoisotopic (exact) mass is 308 g/mol. The number of ether oxygens (including phenoxy) is 1. The molecule has 1 saturated heterocycles. The molecule has 5 heteroatoms. The molecule has 0 spiro atoms. The first kappa shape index (κ1) is 15.0. The number of hydrogen-bond donors (Lipinski definition) is 2. The van der Waals surface area contributed by atoms with Crippen LogP contribution >= 0.6 is 11.3 Å². The van der Waals surface area contributed by atoms with Crippen LogP contribution in [-0.2, 0) is 9.53 Å². The number of thiophene rings is 1. The smallest absolute Gasteiger partial charge is 0.241 e. The summed E-state index contributed by atoms with van der Waals surface area (Å²) < 4.78 is 5.86. The van der Waals surface area contributed by atoms with E-state index in [1.807, 2.05) is 24.4 Å². The summed E-state index contributed by atoms with van der Waals surface area (Å²) in [6.07, 6.45) is 2.08. The van der Waals surface area contributed by atoms with Crippen LogP contribution < -0.4 is 11.1 Å². The van der Waals surface area contributed by atoms with Crippen LogP contribution in [0.3, 0.4) is 0 Å². The number of carbonyl (C=O) groups excluding carboxylic acids is 1. The van der Waals surface area contributed by atoms with E-state index in [1.54, 1.807) is 11.3 Å². The van der Waals surface area contributed by atoms with Gasteiger partial charge in [0.25, 0.3) is 0 Å². The lowest BCUT2D eigenvalue weighted by Crippen LogP contribution is -2.82. The minimum absolute atomic E-state index is 0.00251. The Balaban J connectivity index is 1.77. The number of carbonyl (C=O) groups is 1. The van der Waals surface area contributed by atoms with Crippen LogP contribution in [0.5, 0.6) is 0 Å². The summed E-state index contributed by atoms with van der Waals surface area (Å²) >= 11 is 1.65.